The zero-order valence-corrected chi connectivity index (χ0v) is 20.4. The number of anilines is 1. The van der Waals surface area contributed by atoms with E-state index in [4.69, 9.17) is 16.3 Å². The van der Waals surface area contributed by atoms with E-state index >= 15 is 0 Å². The first kappa shape index (κ1) is 24.6. The minimum Gasteiger partial charge on any atom is -0.491 e. The summed E-state index contributed by atoms with van der Waals surface area (Å²) < 4.78 is 33.5. The van der Waals surface area contributed by atoms with E-state index in [2.05, 4.69) is 5.32 Å². The van der Waals surface area contributed by atoms with Crippen LogP contribution in [0.3, 0.4) is 0 Å². The summed E-state index contributed by atoms with van der Waals surface area (Å²) >= 11 is 5.97. The van der Waals surface area contributed by atoms with Crippen molar-refractivity contribution in [1.82, 2.24) is 5.32 Å². The molecule has 1 N–H and O–H groups in total. The summed E-state index contributed by atoms with van der Waals surface area (Å²) in [5, 5.41) is 3.21. The predicted octanol–water partition coefficient (Wildman–Crippen LogP) is 4.66. The largest absolute Gasteiger partial charge is 0.491 e. The number of rotatable bonds is 9. The molecule has 0 aliphatic heterocycles. The Balaban J connectivity index is 1.70. The van der Waals surface area contributed by atoms with Gasteiger partial charge in [0.05, 0.1) is 17.1 Å². The Bertz CT molecular complexity index is 1210. The zero-order valence-electron chi connectivity index (χ0n) is 18.8. The molecule has 1 amide bonds. The molecular weight excluding hydrogens is 460 g/mol. The monoisotopic (exact) mass is 486 g/mol. The van der Waals surface area contributed by atoms with E-state index in [0.717, 1.165) is 26.7 Å². The second-order valence-corrected chi connectivity index (χ2v) is 10.1. The summed E-state index contributed by atoms with van der Waals surface area (Å²) in [5.74, 6) is 0.319. The van der Waals surface area contributed by atoms with Crippen LogP contribution in [0, 0.1) is 20.8 Å². The van der Waals surface area contributed by atoms with Crippen molar-refractivity contribution in [2.75, 3.05) is 24.0 Å². The van der Waals surface area contributed by atoms with Gasteiger partial charge in [-0.25, -0.2) is 8.42 Å². The summed E-state index contributed by atoms with van der Waals surface area (Å²) in [6, 6.07) is 18.7. The average Bonchev–Trinajstić information content (AvgIpc) is 2.78. The van der Waals surface area contributed by atoms with Crippen molar-refractivity contribution in [2.24, 2.45) is 0 Å². The molecular formula is C25H27ClN2O4S. The van der Waals surface area contributed by atoms with Crippen LogP contribution in [0.1, 0.15) is 16.7 Å². The van der Waals surface area contributed by atoms with Crippen molar-refractivity contribution in [1.29, 1.82) is 0 Å². The lowest BCUT2D eigenvalue weighted by Crippen LogP contribution is -2.41. The maximum atomic E-state index is 13.3. The molecule has 0 radical (unpaired) electrons. The molecule has 0 spiro atoms. The van der Waals surface area contributed by atoms with Gasteiger partial charge in [0.1, 0.15) is 18.9 Å². The topological polar surface area (TPSA) is 75.7 Å². The van der Waals surface area contributed by atoms with Gasteiger partial charge >= 0.3 is 0 Å². The smallest absolute Gasteiger partial charge is 0.264 e. The summed E-state index contributed by atoms with van der Waals surface area (Å²) in [6.07, 6.45) is 0. The quantitative estimate of drug-likeness (QED) is 0.446. The molecule has 0 aliphatic rings. The fourth-order valence-electron chi connectivity index (χ4n) is 3.16. The van der Waals surface area contributed by atoms with Crippen LogP contribution in [0.2, 0.25) is 5.02 Å². The first-order valence-corrected chi connectivity index (χ1v) is 12.3. The molecule has 174 valence electrons. The standard InChI is InChI=1S/C25H27ClN2O4S/c1-18-5-12-23(13-6-18)33(30,31)28(22-10-8-21(26)9-11-22)17-25(29)27-14-15-32-24-16-19(2)4-7-20(24)3/h4-13,16H,14-15,17H2,1-3H3,(H,27,29). The summed E-state index contributed by atoms with van der Waals surface area (Å²) in [7, 11) is -3.96. The maximum Gasteiger partial charge on any atom is 0.264 e. The molecule has 6 nitrogen and oxygen atoms in total. The molecule has 0 fully saturated rings. The highest BCUT2D eigenvalue weighted by atomic mass is 35.5. The van der Waals surface area contributed by atoms with Crippen LogP contribution in [0.25, 0.3) is 0 Å². The number of hydrogen-bond donors (Lipinski definition) is 1. The van der Waals surface area contributed by atoms with Crippen molar-refractivity contribution in [3.05, 3.63) is 88.4 Å². The highest BCUT2D eigenvalue weighted by Crippen LogP contribution is 2.25. The number of hydrogen-bond acceptors (Lipinski definition) is 4. The molecule has 0 saturated carbocycles. The number of nitrogens with zero attached hydrogens (tertiary/aromatic N) is 1. The van der Waals surface area contributed by atoms with Gasteiger partial charge in [-0.1, -0.05) is 41.4 Å². The molecule has 0 bridgehead atoms. The molecule has 0 aromatic heterocycles. The number of sulfonamides is 1. The van der Waals surface area contributed by atoms with Crippen molar-refractivity contribution in [3.63, 3.8) is 0 Å². The minimum absolute atomic E-state index is 0.106. The number of carbonyl (C=O) groups excluding carboxylic acids is 1. The minimum atomic E-state index is -3.96. The summed E-state index contributed by atoms with van der Waals surface area (Å²) in [5.41, 5.74) is 3.37. The fourth-order valence-corrected chi connectivity index (χ4v) is 4.71. The molecule has 3 aromatic rings. The molecule has 3 rings (SSSR count). The van der Waals surface area contributed by atoms with Gasteiger partial charge in [-0.2, -0.15) is 0 Å². The van der Waals surface area contributed by atoms with Crippen molar-refractivity contribution in [3.8, 4) is 5.75 Å². The lowest BCUT2D eigenvalue weighted by molar-refractivity contribution is -0.119. The van der Waals surface area contributed by atoms with E-state index in [-0.39, 0.29) is 24.6 Å². The normalized spacial score (nSPS) is 11.2. The molecule has 0 unspecified atom stereocenters. The first-order valence-electron chi connectivity index (χ1n) is 10.5. The average molecular weight is 487 g/mol. The van der Waals surface area contributed by atoms with E-state index in [1.807, 2.05) is 39.0 Å². The van der Waals surface area contributed by atoms with Crippen LogP contribution in [0.5, 0.6) is 5.75 Å². The molecule has 0 atom stereocenters. The molecule has 0 aliphatic carbocycles. The molecule has 8 heteroatoms. The van der Waals surface area contributed by atoms with Crippen LogP contribution >= 0.6 is 11.6 Å². The molecule has 0 heterocycles. The van der Waals surface area contributed by atoms with Crippen LogP contribution in [-0.4, -0.2) is 34.0 Å². The second kappa shape index (κ2) is 10.7. The maximum absolute atomic E-state index is 13.3. The first-order chi connectivity index (χ1) is 15.7. The van der Waals surface area contributed by atoms with Crippen LogP contribution in [0.4, 0.5) is 5.69 Å². The number of aryl methyl sites for hydroxylation is 3. The number of amides is 1. The van der Waals surface area contributed by atoms with Crippen molar-refractivity contribution >= 4 is 33.2 Å². The van der Waals surface area contributed by atoms with Gasteiger partial charge < -0.3 is 10.1 Å². The van der Waals surface area contributed by atoms with Crippen LogP contribution in [-0.2, 0) is 14.8 Å². The third-order valence-corrected chi connectivity index (χ3v) is 7.08. The molecule has 3 aromatic carbocycles. The number of benzene rings is 3. The zero-order chi connectivity index (χ0) is 24.0. The predicted molar refractivity (Wildman–Crippen MR) is 132 cm³/mol. The van der Waals surface area contributed by atoms with Gasteiger partial charge in [-0.3, -0.25) is 9.10 Å². The number of halogens is 1. The van der Waals surface area contributed by atoms with Crippen LogP contribution in [0.15, 0.2) is 71.6 Å². The Hall–Kier alpha value is -3.03. The van der Waals surface area contributed by atoms with Gasteiger partial charge in [-0.15, -0.1) is 0 Å². The fraction of sp³-hybridized carbons (Fsp3) is 0.240. The van der Waals surface area contributed by atoms with E-state index in [9.17, 15) is 13.2 Å². The van der Waals surface area contributed by atoms with Crippen LogP contribution < -0.4 is 14.4 Å². The Labute approximate surface area is 200 Å². The van der Waals surface area contributed by atoms with E-state index in [1.165, 1.54) is 12.1 Å². The van der Waals surface area contributed by atoms with Gasteiger partial charge in [0.2, 0.25) is 5.91 Å². The van der Waals surface area contributed by atoms with Gasteiger partial charge in [-0.05, 0) is 74.4 Å². The van der Waals surface area contributed by atoms with Crippen molar-refractivity contribution in [2.45, 2.75) is 25.7 Å². The van der Waals surface area contributed by atoms with Gasteiger partial charge in [0.25, 0.3) is 10.0 Å². The van der Waals surface area contributed by atoms with E-state index < -0.39 is 15.9 Å². The SMILES string of the molecule is Cc1ccc(S(=O)(=O)N(CC(=O)NCCOc2cc(C)ccc2C)c2ccc(Cl)cc2)cc1. The van der Waals surface area contributed by atoms with Gasteiger partial charge in [0, 0.05) is 5.02 Å². The highest BCUT2D eigenvalue weighted by molar-refractivity contribution is 7.92. The third-order valence-electron chi connectivity index (χ3n) is 5.04. The lowest BCUT2D eigenvalue weighted by Gasteiger charge is -2.24. The second-order valence-electron chi connectivity index (χ2n) is 7.77. The summed E-state index contributed by atoms with van der Waals surface area (Å²) in [6.45, 7) is 5.94. The Morgan fingerprint density at radius 1 is 0.939 bits per heavy atom. The Morgan fingerprint density at radius 2 is 1.58 bits per heavy atom. The third kappa shape index (κ3) is 6.49. The lowest BCUT2D eigenvalue weighted by atomic mass is 10.1. The highest BCUT2D eigenvalue weighted by Gasteiger charge is 2.27. The van der Waals surface area contributed by atoms with Crippen molar-refractivity contribution < 1.29 is 17.9 Å². The molecule has 0 saturated heterocycles. The Kier molecular flexibility index (Phi) is 8.00. The number of carbonyl (C=O) groups is 1. The number of nitrogens with one attached hydrogen (secondary N) is 1. The van der Waals surface area contributed by atoms with E-state index in [0.29, 0.717) is 10.7 Å². The Morgan fingerprint density at radius 3 is 2.24 bits per heavy atom. The summed E-state index contributed by atoms with van der Waals surface area (Å²) in [4.78, 5) is 12.8. The van der Waals surface area contributed by atoms with E-state index in [1.54, 1.807) is 36.4 Å². The number of ether oxygens (including phenoxy) is 1. The molecule has 33 heavy (non-hydrogen) atoms. The van der Waals surface area contributed by atoms with Gasteiger partial charge in [0.15, 0.2) is 0 Å².